The molecule has 6 rings (SSSR count). The van der Waals surface area contributed by atoms with Crippen molar-refractivity contribution >= 4 is 23.2 Å². The van der Waals surface area contributed by atoms with Crippen LogP contribution in [0.5, 0.6) is 11.6 Å². The van der Waals surface area contributed by atoms with Crippen LogP contribution in [0.4, 0.5) is 11.6 Å². The van der Waals surface area contributed by atoms with Crippen molar-refractivity contribution < 1.29 is 24.1 Å². The molecule has 4 heterocycles. The smallest absolute Gasteiger partial charge is 0.256 e. The molecular formula is C34H47ClN10O5. The average Bonchev–Trinajstić information content (AvgIpc) is 3.77. The molecule has 1 aliphatic heterocycles. The Morgan fingerprint density at radius 2 is 1.78 bits per heavy atom. The van der Waals surface area contributed by atoms with Gasteiger partial charge in [-0.3, -0.25) is 9.58 Å². The summed E-state index contributed by atoms with van der Waals surface area (Å²) >= 11 is 6.46. The van der Waals surface area contributed by atoms with Gasteiger partial charge in [0.25, 0.3) is 5.88 Å². The van der Waals surface area contributed by atoms with E-state index >= 15 is 0 Å². The quantitative estimate of drug-likeness (QED) is 0.156. The third-order valence-electron chi connectivity index (χ3n) is 8.94. The van der Waals surface area contributed by atoms with Gasteiger partial charge in [-0.25, -0.2) is 14.6 Å². The fourth-order valence-electron chi connectivity index (χ4n) is 6.67. The van der Waals surface area contributed by atoms with Gasteiger partial charge in [0.05, 0.1) is 55.8 Å². The van der Waals surface area contributed by atoms with E-state index in [2.05, 4.69) is 49.6 Å². The van der Waals surface area contributed by atoms with Crippen LogP contribution in [-0.2, 0) is 16.0 Å². The maximum atomic E-state index is 8.98. The first-order valence-corrected chi connectivity index (χ1v) is 17.8. The molecule has 50 heavy (non-hydrogen) atoms. The zero-order valence-corrected chi connectivity index (χ0v) is 29.7. The molecule has 2 N–H and O–H groups in total. The van der Waals surface area contributed by atoms with Crippen LogP contribution in [0.25, 0.3) is 11.1 Å². The SMILES string of the molecule is C[C@@H]1CN(C2CCC(n3cc(Nc4ncc(-c5ccc(Cl)c(O[C@@H](C)Cn6cnnn6)c5)cn4)c(OCCCOCCO)n3)CC2)C[C@H](C)O1. The summed E-state index contributed by atoms with van der Waals surface area (Å²) in [6.45, 7) is 9.94. The van der Waals surface area contributed by atoms with Crippen molar-refractivity contribution in [2.75, 3.05) is 44.8 Å². The summed E-state index contributed by atoms with van der Waals surface area (Å²) in [5.74, 6) is 1.46. The molecule has 0 bridgehead atoms. The molecule has 3 atom stereocenters. The van der Waals surface area contributed by atoms with Crippen molar-refractivity contribution in [1.82, 2.24) is 44.9 Å². The van der Waals surface area contributed by atoms with Crippen LogP contribution >= 0.6 is 11.6 Å². The van der Waals surface area contributed by atoms with Gasteiger partial charge in [0.15, 0.2) is 0 Å². The molecule has 4 aromatic rings. The molecule has 0 amide bonds. The van der Waals surface area contributed by atoms with E-state index in [1.54, 1.807) is 29.5 Å². The Morgan fingerprint density at radius 3 is 2.50 bits per heavy atom. The topological polar surface area (TPSA) is 160 Å². The number of halogens is 1. The Morgan fingerprint density at radius 1 is 1.02 bits per heavy atom. The predicted octanol–water partition coefficient (Wildman–Crippen LogP) is 4.56. The number of ether oxygens (including phenoxy) is 4. The summed E-state index contributed by atoms with van der Waals surface area (Å²) in [5, 5.41) is 28.9. The molecule has 15 nitrogen and oxygen atoms in total. The zero-order valence-electron chi connectivity index (χ0n) is 28.9. The van der Waals surface area contributed by atoms with Gasteiger partial charge in [-0.15, -0.1) is 10.2 Å². The van der Waals surface area contributed by atoms with Gasteiger partial charge in [-0.05, 0) is 74.6 Å². The van der Waals surface area contributed by atoms with Crippen LogP contribution in [0.1, 0.15) is 58.9 Å². The number of anilines is 2. The summed E-state index contributed by atoms with van der Waals surface area (Å²) in [4.78, 5) is 11.8. The molecular weight excluding hydrogens is 664 g/mol. The third-order valence-corrected chi connectivity index (χ3v) is 9.25. The second kappa shape index (κ2) is 17.4. The van der Waals surface area contributed by atoms with Gasteiger partial charge in [0.2, 0.25) is 5.95 Å². The Hall–Kier alpha value is -3.89. The fraction of sp³-hybridized carbons (Fsp3) is 0.588. The summed E-state index contributed by atoms with van der Waals surface area (Å²) in [7, 11) is 0. The molecule has 0 unspecified atom stereocenters. The first-order chi connectivity index (χ1) is 24.3. The Kier molecular flexibility index (Phi) is 12.5. The zero-order chi connectivity index (χ0) is 34.9. The number of rotatable bonds is 16. The van der Waals surface area contributed by atoms with E-state index in [0.717, 1.165) is 49.9 Å². The fourth-order valence-corrected chi connectivity index (χ4v) is 6.83. The minimum absolute atomic E-state index is 0.000897. The lowest BCUT2D eigenvalue weighted by atomic mass is 9.89. The minimum atomic E-state index is -0.216. The summed E-state index contributed by atoms with van der Waals surface area (Å²) in [5.41, 5.74) is 2.37. The van der Waals surface area contributed by atoms with Gasteiger partial charge in [0, 0.05) is 50.1 Å². The lowest BCUT2D eigenvalue weighted by Gasteiger charge is -2.42. The van der Waals surface area contributed by atoms with Crippen LogP contribution in [0.3, 0.4) is 0 Å². The van der Waals surface area contributed by atoms with E-state index in [0.29, 0.717) is 67.1 Å². The highest BCUT2D eigenvalue weighted by atomic mass is 35.5. The molecule has 270 valence electrons. The minimum Gasteiger partial charge on any atom is -0.487 e. The van der Waals surface area contributed by atoms with E-state index in [4.69, 9.17) is 40.8 Å². The Balaban J connectivity index is 1.11. The second-order valence-corrected chi connectivity index (χ2v) is 13.5. The van der Waals surface area contributed by atoms with Gasteiger partial charge in [-0.2, -0.15) is 0 Å². The van der Waals surface area contributed by atoms with Crippen LogP contribution in [0, 0.1) is 0 Å². The Bertz CT molecular complexity index is 1610. The predicted molar refractivity (Wildman–Crippen MR) is 187 cm³/mol. The van der Waals surface area contributed by atoms with E-state index in [-0.39, 0.29) is 31.0 Å². The number of tetrazole rings is 1. The number of nitrogens with zero attached hydrogens (tertiary/aromatic N) is 9. The van der Waals surface area contributed by atoms with E-state index in [1.165, 1.54) is 0 Å². The van der Waals surface area contributed by atoms with Crippen molar-refractivity contribution in [3.63, 3.8) is 0 Å². The number of nitrogens with one attached hydrogen (secondary N) is 1. The molecule has 2 aliphatic rings. The molecule has 3 aromatic heterocycles. The van der Waals surface area contributed by atoms with E-state index in [9.17, 15) is 0 Å². The average molecular weight is 711 g/mol. The largest absolute Gasteiger partial charge is 0.487 e. The normalized spacial score (nSPS) is 21.9. The maximum absolute atomic E-state index is 8.98. The van der Waals surface area contributed by atoms with Crippen LogP contribution in [-0.4, -0.2) is 114 Å². The Labute approximate surface area is 297 Å². The number of aliphatic hydroxyl groups excluding tert-OH is 1. The molecule has 0 spiro atoms. The highest BCUT2D eigenvalue weighted by Crippen LogP contribution is 2.36. The standard InChI is InChI=1S/C34H47ClN10O5/c1-23-18-43(19-24(2)49-23)28-6-8-29(9-7-28)45-21-31(33(40-45)48-13-4-12-47-14-11-46)39-34-36-16-27(17-37-34)26-5-10-30(35)32(15-26)50-25(3)20-44-22-38-41-42-44/h5,10,15-17,21-25,28-29,46H,4,6-9,11-14,18-20H2,1-3H3,(H,36,37,39)/t23-,24+,25-,28?,29?/m0/s1. The lowest BCUT2D eigenvalue weighted by molar-refractivity contribution is -0.0852. The van der Waals surface area contributed by atoms with Crippen molar-refractivity contribution in [2.45, 2.75) is 89.8 Å². The van der Waals surface area contributed by atoms with Crippen molar-refractivity contribution in [2.24, 2.45) is 0 Å². The molecule has 0 radical (unpaired) electrons. The number of morpholine rings is 1. The van der Waals surface area contributed by atoms with Gasteiger partial charge >= 0.3 is 0 Å². The molecule has 1 saturated carbocycles. The van der Waals surface area contributed by atoms with Crippen LogP contribution in [0.15, 0.2) is 43.1 Å². The number of hydrogen-bond acceptors (Lipinski definition) is 13. The maximum Gasteiger partial charge on any atom is 0.256 e. The lowest BCUT2D eigenvalue weighted by Crippen LogP contribution is -2.51. The van der Waals surface area contributed by atoms with Gasteiger partial charge in [0.1, 0.15) is 23.9 Å². The molecule has 1 aromatic carbocycles. The number of aromatic nitrogens is 8. The first kappa shape index (κ1) is 35.9. The number of hydrogen-bond donors (Lipinski definition) is 2. The number of aliphatic hydroxyl groups is 1. The number of benzene rings is 1. The van der Waals surface area contributed by atoms with E-state index < -0.39 is 0 Å². The first-order valence-electron chi connectivity index (χ1n) is 17.4. The monoisotopic (exact) mass is 710 g/mol. The summed E-state index contributed by atoms with van der Waals surface area (Å²) < 4.78 is 27.2. The molecule has 2 fully saturated rings. The summed E-state index contributed by atoms with van der Waals surface area (Å²) in [6.07, 6.45) is 12.3. The van der Waals surface area contributed by atoms with Gasteiger partial charge in [-0.1, -0.05) is 17.7 Å². The second-order valence-electron chi connectivity index (χ2n) is 13.1. The van der Waals surface area contributed by atoms with E-state index in [1.807, 2.05) is 29.9 Å². The molecule has 16 heteroatoms. The van der Waals surface area contributed by atoms with Crippen molar-refractivity contribution in [1.29, 1.82) is 0 Å². The van der Waals surface area contributed by atoms with Crippen molar-refractivity contribution in [3.8, 4) is 22.8 Å². The van der Waals surface area contributed by atoms with Gasteiger partial charge < -0.3 is 29.4 Å². The highest BCUT2D eigenvalue weighted by Gasteiger charge is 2.32. The molecule has 1 saturated heterocycles. The van der Waals surface area contributed by atoms with Crippen LogP contribution in [0.2, 0.25) is 5.02 Å². The highest BCUT2D eigenvalue weighted by molar-refractivity contribution is 6.32. The summed E-state index contributed by atoms with van der Waals surface area (Å²) in [6, 6.07) is 6.42. The van der Waals surface area contributed by atoms with Crippen molar-refractivity contribution in [3.05, 3.63) is 48.1 Å². The molecule has 1 aliphatic carbocycles. The third kappa shape index (κ3) is 9.66. The van der Waals surface area contributed by atoms with Crippen LogP contribution < -0.4 is 14.8 Å².